The minimum absolute atomic E-state index is 0.0733. The summed E-state index contributed by atoms with van der Waals surface area (Å²) in [6.07, 6.45) is 3.93. The lowest BCUT2D eigenvalue weighted by Crippen LogP contribution is -2.43. The molecule has 1 N–H and O–H groups in total. The Balaban J connectivity index is 1.82. The summed E-state index contributed by atoms with van der Waals surface area (Å²) in [5, 5.41) is 14.8. The maximum Gasteiger partial charge on any atom is 0.276 e. The van der Waals surface area contributed by atoms with E-state index in [4.69, 9.17) is 4.52 Å². The fourth-order valence-corrected chi connectivity index (χ4v) is 3.62. The Morgan fingerprint density at radius 2 is 2.14 bits per heavy atom. The molecule has 2 heterocycles. The fourth-order valence-electron chi connectivity index (χ4n) is 3.62. The van der Waals surface area contributed by atoms with Gasteiger partial charge in [0.25, 0.3) is 5.91 Å². The van der Waals surface area contributed by atoms with Crippen LogP contribution in [0.5, 0.6) is 0 Å². The first-order valence-corrected chi connectivity index (χ1v) is 7.92. The molecule has 2 aliphatic rings. The Kier molecular flexibility index (Phi) is 3.56. The first kappa shape index (κ1) is 14.6. The van der Waals surface area contributed by atoms with E-state index in [1.807, 2.05) is 20.8 Å². The quantitative estimate of drug-likeness (QED) is 0.905. The topological polar surface area (TPSA) is 66.6 Å². The Morgan fingerprint density at radius 3 is 2.81 bits per heavy atom. The van der Waals surface area contributed by atoms with Crippen molar-refractivity contribution in [1.29, 1.82) is 0 Å². The van der Waals surface area contributed by atoms with Crippen molar-refractivity contribution in [2.45, 2.75) is 52.1 Å². The first-order chi connectivity index (χ1) is 9.93. The van der Waals surface area contributed by atoms with Gasteiger partial charge in [-0.05, 0) is 25.2 Å². The number of nitrogens with zero attached hydrogens (tertiary/aromatic N) is 2. The third-order valence-corrected chi connectivity index (χ3v) is 5.23. The number of aliphatic hydroxyl groups is 1. The van der Waals surface area contributed by atoms with Crippen LogP contribution in [0.3, 0.4) is 0 Å². The summed E-state index contributed by atoms with van der Waals surface area (Å²) in [5.41, 5.74) is 0.642. The molecule has 0 bridgehead atoms. The number of hydrogen-bond donors (Lipinski definition) is 1. The number of carbonyl (C=O) groups excluding carboxylic acids is 1. The van der Waals surface area contributed by atoms with E-state index in [0.717, 1.165) is 37.0 Å². The first-order valence-electron chi connectivity index (χ1n) is 7.92. The maximum absolute atomic E-state index is 12.7. The van der Waals surface area contributed by atoms with Gasteiger partial charge >= 0.3 is 0 Å². The van der Waals surface area contributed by atoms with E-state index in [0.29, 0.717) is 18.8 Å². The highest BCUT2D eigenvalue weighted by molar-refractivity contribution is 5.94. The van der Waals surface area contributed by atoms with Gasteiger partial charge in [-0.25, -0.2) is 0 Å². The van der Waals surface area contributed by atoms with Crippen LogP contribution in [0.15, 0.2) is 4.52 Å². The predicted octanol–water partition coefficient (Wildman–Crippen LogP) is 2.03. The molecule has 0 spiro atoms. The number of β-amino-alcohol motifs (C(OH)–C–C–N with tert-alkyl or cyclic N) is 1. The van der Waals surface area contributed by atoms with Crippen LogP contribution in [-0.2, 0) is 12.8 Å². The van der Waals surface area contributed by atoms with Crippen LogP contribution in [0, 0.1) is 11.8 Å². The van der Waals surface area contributed by atoms with Crippen LogP contribution in [0.1, 0.15) is 55.4 Å². The SMILES string of the molecule is CC(C)C1(O)CN(C(=O)c2noc3c2CCCC3)CC1C. The molecule has 5 heteroatoms. The van der Waals surface area contributed by atoms with Gasteiger partial charge < -0.3 is 14.5 Å². The minimum atomic E-state index is -0.806. The maximum atomic E-state index is 12.7. The smallest absolute Gasteiger partial charge is 0.276 e. The zero-order chi connectivity index (χ0) is 15.2. The lowest BCUT2D eigenvalue weighted by Gasteiger charge is -2.30. The number of likely N-dealkylation sites (tertiary alicyclic amines) is 1. The van der Waals surface area contributed by atoms with Gasteiger partial charge in [-0.3, -0.25) is 4.79 Å². The van der Waals surface area contributed by atoms with Gasteiger partial charge in [0.1, 0.15) is 5.76 Å². The van der Waals surface area contributed by atoms with Gasteiger partial charge in [0.15, 0.2) is 5.69 Å². The molecule has 1 aromatic rings. The molecular formula is C16H24N2O3. The van der Waals surface area contributed by atoms with Crippen molar-refractivity contribution in [2.75, 3.05) is 13.1 Å². The molecule has 2 unspecified atom stereocenters. The van der Waals surface area contributed by atoms with Crippen molar-refractivity contribution in [3.8, 4) is 0 Å². The van der Waals surface area contributed by atoms with Gasteiger partial charge in [-0.15, -0.1) is 0 Å². The Hall–Kier alpha value is -1.36. The van der Waals surface area contributed by atoms with Gasteiger partial charge in [0.05, 0.1) is 12.1 Å². The number of rotatable bonds is 2. The van der Waals surface area contributed by atoms with E-state index in [9.17, 15) is 9.90 Å². The van der Waals surface area contributed by atoms with E-state index < -0.39 is 5.60 Å². The van der Waals surface area contributed by atoms with Crippen molar-refractivity contribution in [3.63, 3.8) is 0 Å². The summed E-state index contributed by atoms with van der Waals surface area (Å²) >= 11 is 0. The standard InChI is InChI=1S/C16H24N2O3/c1-10(2)16(20)9-18(8-11(16)3)15(19)14-12-6-4-5-7-13(12)21-17-14/h10-11,20H,4-9H2,1-3H3. The fraction of sp³-hybridized carbons (Fsp3) is 0.750. The van der Waals surface area contributed by atoms with Crippen LogP contribution in [-0.4, -0.2) is 39.8 Å². The van der Waals surface area contributed by atoms with Crippen LogP contribution in [0.4, 0.5) is 0 Å². The van der Waals surface area contributed by atoms with Gasteiger partial charge in [0.2, 0.25) is 0 Å². The average Bonchev–Trinajstić information content (AvgIpc) is 3.01. The van der Waals surface area contributed by atoms with Crippen LogP contribution >= 0.6 is 0 Å². The zero-order valence-electron chi connectivity index (χ0n) is 13.1. The lowest BCUT2D eigenvalue weighted by atomic mass is 9.82. The van der Waals surface area contributed by atoms with Crippen molar-refractivity contribution in [1.82, 2.24) is 10.1 Å². The molecule has 3 rings (SSSR count). The van der Waals surface area contributed by atoms with Crippen molar-refractivity contribution < 1.29 is 14.4 Å². The lowest BCUT2D eigenvalue weighted by molar-refractivity contribution is -0.0244. The molecule has 1 amide bonds. The van der Waals surface area contributed by atoms with E-state index in [2.05, 4.69) is 5.16 Å². The third kappa shape index (κ3) is 2.27. The van der Waals surface area contributed by atoms with E-state index in [1.165, 1.54) is 0 Å². The Morgan fingerprint density at radius 1 is 1.43 bits per heavy atom. The number of hydrogen-bond acceptors (Lipinski definition) is 4. The van der Waals surface area contributed by atoms with E-state index >= 15 is 0 Å². The summed E-state index contributed by atoms with van der Waals surface area (Å²) in [6.45, 7) is 6.97. The molecule has 116 valence electrons. The summed E-state index contributed by atoms with van der Waals surface area (Å²) < 4.78 is 5.33. The second-order valence-corrected chi connectivity index (χ2v) is 6.87. The summed E-state index contributed by atoms with van der Waals surface area (Å²) in [6, 6.07) is 0. The molecule has 0 aromatic carbocycles. The molecule has 1 aliphatic heterocycles. The summed E-state index contributed by atoms with van der Waals surface area (Å²) in [7, 11) is 0. The molecule has 1 aliphatic carbocycles. The highest BCUT2D eigenvalue weighted by atomic mass is 16.5. The molecule has 1 saturated heterocycles. The third-order valence-electron chi connectivity index (χ3n) is 5.23. The molecule has 2 atom stereocenters. The second-order valence-electron chi connectivity index (χ2n) is 6.87. The van der Waals surface area contributed by atoms with Crippen molar-refractivity contribution in [2.24, 2.45) is 11.8 Å². The second kappa shape index (κ2) is 5.13. The van der Waals surface area contributed by atoms with Crippen LogP contribution in [0.2, 0.25) is 0 Å². The van der Waals surface area contributed by atoms with E-state index in [-0.39, 0.29) is 17.7 Å². The number of carbonyl (C=O) groups is 1. The molecule has 0 saturated carbocycles. The monoisotopic (exact) mass is 292 g/mol. The number of fused-ring (bicyclic) bond motifs is 1. The van der Waals surface area contributed by atoms with Gasteiger partial charge in [-0.2, -0.15) is 0 Å². The molecule has 5 nitrogen and oxygen atoms in total. The summed E-state index contributed by atoms with van der Waals surface area (Å²) in [5.74, 6) is 0.974. The number of amides is 1. The highest BCUT2D eigenvalue weighted by Gasteiger charge is 2.47. The molecule has 21 heavy (non-hydrogen) atoms. The van der Waals surface area contributed by atoms with Crippen LogP contribution in [0.25, 0.3) is 0 Å². The average molecular weight is 292 g/mol. The number of aryl methyl sites for hydroxylation is 1. The molecule has 0 radical (unpaired) electrons. The van der Waals surface area contributed by atoms with Gasteiger partial charge in [-0.1, -0.05) is 25.9 Å². The van der Waals surface area contributed by atoms with Crippen molar-refractivity contribution in [3.05, 3.63) is 17.0 Å². The van der Waals surface area contributed by atoms with Crippen molar-refractivity contribution >= 4 is 5.91 Å². The summed E-state index contributed by atoms with van der Waals surface area (Å²) in [4.78, 5) is 14.5. The van der Waals surface area contributed by atoms with Gasteiger partial charge in [0, 0.05) is 24.4 Å². The highest BCUT2D eigenvalue weighted by Crippen LogP contribution is 2.35. The molecular weight excluding hydrogens is 268 g/mol. The minimum Gasteiger partial charge on any atom is -0.387 e. The largest absolute Gasteiger partial charge is 0.387 e. The normalized spacial score (nSPS) is 29.0. The van der Waals surface area contributed by atoms with Crippen LogP contribution < -0.4 is 0 Å². The molecule has 1 fully saturated rings. The Bertz CT molecular complexity index is 552. The zero-order valence-corrected chi connectivity index (χ0v) is 13.1. The Labute approximate surface area is 125 Å². The number of aromatic nitrogens is 1. The van der Waals surface area contributed by atoms with E-state index in [1.54, 1.807) is 4.90 Å². The predicted molar refractivity (Wildman–Crippen MR) is 78.0 cm³/mol. The molecule has 1 aromatic heterocycles.